The highest BCUT2D eigenvalue weighted by molar-refractivity contribution is 5.75. The van der Waals surface area contributed by atoms with E-state index in [1.165, 1.54) is 0 Å². The number of halogens is 3. The summed E-state index contributed by atoms with van der Waals surface area (Å²) in [6, 6.07) is 0. The predicted molar refractivity (Wildman–Crippen MR) is 57.9 cm³/mol. The molecule has 1 rings (SSSR count). The lowest BCUT2D eigenvalue weighted by atomic mass is 10.0. The third-order valence-corrected chi connectivity index (χ3v) is 2.84. The van der Waals surface area contributed by atoms with Crippen LogP contribution in [-0.4, -0.2) is 42.5 Å². The third-order valence-electron chi connectivity index (χ3n) is 2.84. The highest BCUT2D eigenvalue weighted by Gasteiger charge is 2.38. The largest absolute Gasteiger partial charge is 0.416 e. The standard InChI is InChI=1S/C11H18F3NO3/c12-11(13,14)9(16)7-15-10(17)5-4-8-3-1-2-6-18-8/h8-9,16H,1-7H2,(H,15,17). The number of amides is 1. The van der Waals surface area contributed by atoms with Gasteiger partial charge in [0.1, 0.15) is 0 Å². The molecule has 1 amide bonds. The van der Waals surface area contributed by atoms with E-state index in [1.807, 2.05) is 0 Å². The summed E-state index contributed by atoms with van der Waals surface area (Å²) in [5, 5.41) is 10.8. The second kappa shape index (κ2) is 6.94. The van der Waals surface area contributed by atoms with Gasteiger partial charge in [-0.1, -0.05) is 0 Å². The van der Waals surface area contributed by atoms with Crippen LogP contribution in [0.1, 0.15) is 32.1 Å². The Kier molecular flexibility index (Phi) is 5.87. The molecule has 18 heavy (non-hydrogen) atoms. The molecule has 0 spiro atoms. The minimum absolute atomic E-state index is 0.0250. The van der Waals surface area contributed by atoms with Gasteiger partial charge in [0, 0.05) is 13.0 Å². The van der Waals surface area contributed by atoms with Crippen LogP contribution >= 0.6 is 0 Å². The molecule has 4 nitrogen and oxygen atoms in total. The first-order chi connectivity index (χ1) is 8.39. The molecule has 2 unspecified atom stereocenters. The van der Waals surface area contributed by atoms with Crippen LogP contribution in [0.15, 0.2) is 0 Å². The van der Waals surface area contributed by atoms with Crippen LogP contribution in [0.25, 0.3) is 0 Å². The molecule has 1 saturated heterocycles. The van der Waals surface area contributed by atoms with Crippen molar-refractivity contribution in [3.8, 4) is 0 Å². The van der Waals surface area contributed by atoms with Crippen LogP contribution in [0, 0.1) is 0 Å². The lowest BCUT2D eigenvalue weighted by molar-refractivity contribution is -0.201. The number of aliphatic hydroxyl groups is 1. The van der Waals surface area contributed by atoms with E-state index in [0.717, 1.165) is 19.3 Å². The minimum atomic E-state index is -4.69. The molecule has 1 heterocycles. The predicted octanol–water partition coefficient (Wildman–Crippen LogP) is 1.38. The second-order valence-corrected chi connectivity index (χ2v) is 4.39. The van der Waals surface area contributed by atoms with E-state index in [9.17, 15) is 18.0 Å². The van der Waals surface area contributed by atoms with Gasteiger partial charge in [0.2, 0.25) is 5.91 Å². The Morgan fingerprint density at radius 2 is 2.17 bits per heavy atom. The van der Waals surface area contributed by atoms with E-state index < -0.39 is 24.7 Å². The zero-order valence-corrected chi connectivity index (χ0v) is 10.0. The number of nitrogens with one attached hydrogen (secondary N) is 1. The summed E-state index contributed by atoms with van der Waals surface area (Å²) in [6.07, 6.45) is -3.59. The Balaban J connectivity index is 2.13. The van der Waals surface area contributed by atoms with Gasteiger partial charge in [-0.15, -0.1) is 0 Å². The van der Waals surface area contributed by atoms with Crippen molar-refractivity contribution < 1.29 is 27.8 Å². The fourth-order valence-electron chi connectivity index (χ4n) is 1.74. The van der Waals surface area contributed by atoms with Gasteiger partial charge in [-0.2, -0.15) is 13.2 Å². The first-order valence-corrected chi connectivity index (χ1v) is 6.02. The number of hydrogen-bond acceptors (Lipinski definition) is 3. The molecular formula is C11H18F3NO3. The monoisotopic (exact) mass is 269 g/mol. The minimum Gasteiger partial charge on any atom is -0.382 e. The van der Waals surface area contributed by atoms with Crippen molar-refractivity contribution in [2.24, 2.45) is 0 Å². The smallest absolute Gasteiger partial charge is 0.382 e. The number of carbonyl (C=O) groups is 1. The van der Waals surface area contributed by atoms with Crippen molar-refractivity contribution in [1.82, 2.24) is 5.32 Å². The number of rotatable bonds is 5. The van der Waals surface area contributed by atoms with E-state index in [0.29, 0.717) is 13.0 Å². The van der Waals surface area contributed by atoms with Gasteiger partial charge in [-0.3, -0.25) is 4.79 Å². The normalized spacial score (nSPS) is 22.6. The molecular weight excluding hydrogens is 251 g/mol. The van der Waals surface area contributed by atoms with Crippen molar-refractivity contribution >= 4 is 5.91 Å². The number of hydrogen-bond donors (Lipinski definition) is 2. The van der Waals surface area contributed by atoms with Crippen LogP contribution in [0.2, 0.25) is 0 Å². The average Bonchev–Trinajstić information content (AvgIpc) is 2.33. The van der Waals surface area contributed by atoms with Crippen LogP contribution in [-0.2, 0) is 9.53 Å². The quantitative estimate of drug-likeness (QED) is 0.792. The highest BCUT2D eigenvalue weighted by atomic mass is 19.4. The average molecular weight is 269 g/mol. The molecule has 1 aliphatic heterocycles. The van der Waals surface area contributed by atoms with Gasteiger partial charge in [0.25, 0.3) is 0 Å². The summed E-state index contributed by atoms with van der Waals surface area (Å²) in [6.45, 7) is -0.118. The van der Waals surface area contributed by atoms with Crippen molar-refractivity contribution in [2.75, 3.05) is 13.2 Å². The summed E-state index contributed by atoms with van der Waals surface area (Å²) in [4.78, 5) is 11.3. The number of aliphatic hydroxyl groups excluding tert-OH is 1. The van der Waals surface area contributed by atoms with Gasteiger partial charge in [0.15, 0.2) is 6.10 Å². The van der Waals surface area contributed by atoms with Crippen molar-refractivity contribution in [2.45, 2.75) is 50.5 Å². The highest BCUT2D eigenvalue weighted by Crippen LogP contribution is 2.19. The first-order valence-electron chi connectivity index (χ1n) is 6.02. The van der Waals surface area contributed by atoms with Crippen molar-refractivity contribution in [1.29, 1.82) is 0 Å². The van der Waals surface area contributed by atoms with Crippen LogP contribution in [0.5, 0.6) is 0 Å². The SMILES string of the molecule is O=C(CCC1CCCCO1)NCC(O)C(F)(F)F. The molecule has 106 valence electrons. The molecule has 2 atom stereocenters. The number of ether oxygens (including phenoxy) is 1. The van der Waals surface area contributed by atoms with Gasteiger partial charge >= 0.3 is 6.18 Å². The molecule has 0 aliphatic carbocycles. The summed E-state index contributed by atoms with van der Waals surface area (Å²) >= 11 is 0. The Hall–Kier alpha value is -0.820. The second-order valence-electron chi connectivity index (χ2n) is 4.39. The zero-order chi connectivity index (χ0) is 13.6. The lowest BCUT2D eigenvalue weighted by Crippen LogP contribution is -2.40. The topological polar surface area (TPSA) is 58.6 Å². The van der Waals surface area contributed by atoms with Crippen molar-refractivity contribution in [3.05, 3.63) is 0 Å². The van der Waals surface area contributed by atoms with Gasteiger partial charge in [-0.05, 0) is 25.7 Å². The van der Waals surface area contributed by atoms with E-state index >= 15 is 0 Å². The van der Waals surface area contributed by atoms with Crippen LogP contribution in [0.4, 0.5) is 13.2 Å². The summed E-state index contributed by atoms with van der Waals surface area (Å²) in [7, 11) is 0. The molecule has 1 fully saturated rings. The molecule has 0 radical (unpaired) electrons. The Labute approximate surface area is 103 Å². The number of alkyl halides is 3. The Bertz CT molecular complexity index is 265. The summed E-state index contributed by atoms with van der Waals surface area (Å²) < 4.78 is 41.3. The molecule has 0 aromatic heterocycles. The third kappa shape index (κ3) is 5.68. The lowest BCUT2D eigenvalue weighted by Gasteiger charge is -2.22. The first kappa shape index (κ1) is 15.2. The van der Waals surface area contributed by atoms with Gasteiger partial charge in [-0.25, -0.2) is 0 Å². The van der Waals surface area contributed by atoms with Crippen LogP contribution < -0.4 is 5.32 Å². The van der Waals surface area contributed by atoms with E-state index in [-0.39, 0.29) is 12.5 Å². The molecule has 0 aromatic carbocycles. The maximum Gasteiger partial charge on any atom is 0.416 e. The fraction of sp³-hybridized carbons (Fsp3) is 0.909. The molecule has 0 aromatic rings. The summed E-state index contributed by atoms with van der Waals surface area (Å²) in [5.41, 5.74) is 0. The Morgan fingerprint density at radius 3 is 2.72 bits per heavy atom. The number of carbonyl (C=O) groups excluding carboxylic acids is 1. The molecule has 0 saturated carbocycles. The molecule has 0 bridgehead atoms. The molecule has 1 aliphatic rings. The molecule has 2 N–H and O–H groups in total. The maximum absolute atomic E-state index is 12.0. The van der Waals surface area contributed by atoms with Crippen molar-refractivity contribution in [3.63, 3.8) is 0 Å². The van der Waals surface area contributed by atoms with Crippen LogP contribution in [0.3, 0.4) is 0 Å². The zero-order valence-electron chi connectivity index (χ0n) is 10.0. The van der Waals surface area contributed by atoms with E-state index in [1.54, 1.807) is 0 Å². The van der Waals surface area contributed by atoms with Gasteiger partial charge in [0.05, 0.1) is 12.6 Å². The Morgan fingerprint density at radius 1 is 1.44 bits per heavy atom. The summed E-state index contributed by atoms with van der Waals surface area (Å²) in [5.74, 6) is -0.493. The fourth-order valence-corrected chi connectivity index (χ4v) is 1.74. The van der Waals surface area contributed by atoms with E-state index in [4.69, 9.17) is 9.84 Å². The maximum atomic E-state index is 12.0. The molecule has 7 heteroatoms. The van der Waals surface area contributed by atoms with Gasteiger partial charge < -0.3 is 15.2 Å². The van der Waals surface area contributed by atoms with E-state index in [2.05, 4.69) is 5.32 Å².